The largest absolute Gasteiger partial charge is 0.493 e. The number of thioether (sulfide) groups is 1. The van der Waals surface area contributed by atoms with E-state index in [1.165, 1.54) is 11.8 Å². The zero-order valence-electron chi connectivity index (χ0n) is 11.6. The normalized spacial score (nSPS) is 11.8. The third-order valence-electron chi connectivity index (χ3n) is 2.31. The summed E-state index contributed by atoms with van der Waals surface area (Å²) in [6.07, 6.45) is 0. The molecule has 0 saturated heterocycles. The van der Waals surface area contributed by atoms with Gasteiger partial charge in [0.2, 0.25) is 0 Å². The lowest BCUT2D eigenvalue weighted by Gasteiger charge is -2.11. The maximum atomic E-state index is 5.84. The van der Waals surface area contributed by atoms with Crippen LogP contribution in [0.1, 0.15) is 19.4 Å². The molecule has 0 atom stereocenters. The fraction of sp³-hybridized carbons (Fsp3) is 0.462. The van der Waals surface area contributed by atoms with Gasteiger partial charge in [0.25, 0.3) is 0 Å². The highest BCUT2D eigenvalue weighted by Gasteiger charge is 2.10. The second-order valence-corrected chi connectivity index (χ2v) is 6.00. The van der Waals surface area contributed by atoms with E-state index >= 15 is 0 Å². The van der Waals surface area contributed by atoms with Crippen molar-refractivity contribution in [3.05, 3.63) is 22.2 Å². The second kappa shape index (κ2) is 7.65. The van der Waals surface area contributed by atoms with Crippen molar-refractivity contribution in [3.8, 4) is 11.5 Å². The van der Waals surface area contributed by atoms with E-state index in [-0.39, 0.29) is 6.04 Å². The average molecular weight is 347 g/mol. The van der Waals surface area contributed by atoms with Crippen LogP contribution in [0, 0.1) is 0 Å². The Bertz CT molecular complexity index is 464. The van der Waals surface area contributed by atoms with Gasteiger partial charge in [-0.2, -0.15) is 0 Å². The zero-order valence-corrected chi connectivity index (χ0v) is 14.0. The van der Waals surface area contributed by atoms with Crippen molar-refractivity contribution in [2.75, 3.05) is 14.2 Å². The molecule has 0 aromatic heterocycles. The minimum absolute atomic E-state index is 0.210. The van der Waals surface area contributed by atoms with Gasteiger partial charge in [-0.15, -0.1) is 0 Å². The Kier molecular flexibility index (Phi) is 6.51. The van der Waals surface area contributed by atoms with Crippen LogP contribution in [-0.2, 0) is 5.75 Å². The summed E-state index contributed by atoms with van der Waals surface area (Å²) in [4.78, 5) is 4.28. The quantitative estimate of drug-likeness (QED) is 0.655. The van der Waals surface area contributed by atoms with E-state index in [0.717, 1.165) is 15.8 Å². The zero-order chi connectivity index (χ0) is 14.4. The van der Waals surface area contributed by atoms with Gasteiger partial charge in [-0.25, -0.2) is 0 Å². The molecule has 19 heavy (non-hydrogen) atoms. The Balaban J connectivity index is 2.84. The first-order valence-electron chi connectivity index (χ1n) is 5.84. The molecule has 0 radical (unpaired) electrons. The molecular weight excluding hydrogens is 328 g/mol. The summed E-state index contributed by atoms with van der Waals surface area (Å²) in [5.41, 5.74) is 6.93. The van der Waals surface area contributed by atoms with Gasteiger partial charge < -0.3 is 15.2 Å². The average Bonchev–Trinajstić information content (AvgIpc) is 2.36. The van der Waals surface area contributed by atoms with Gasteiger partial charge in [0, 0.05) is 16.3 Å². The van der Waals surface area contributed by atoms with Crippen LogP contribution in [-0.4, -0.2) is 25.4 Å². The van der Waals surface area contributed by atoms with E-state index < -0.39 is 0 Å². The summed E-state index contributed by atoms with van der Waals surface area (Å²) < 4.78 is 11.5. The van der Waals surface area contributed by atoms with Crippen molar-refractivity contribution >= 4 is 32.9 Å². The molecule has 0 saturated carbocycles. The number of nitrogens with two attached hydrogens (primary N) is 1. The molecule has 0 aliphatic carbocycles. The Morgan fingerprint density at radius 2 is 1.89 bits per heavy atom. The number of hydrogen-bond acceptors (Lipinski definition) is 4. The summed E-state index contributed by atoms with van der Waals surface area (Å²) in [5, 5.41) is 0.594. The molecule has 2 N–H and O–H groups in total. The maximum Gasteiger partial charge on any atom is 0.161 e. The van der Waals surface area contributed by atoms with Gasteiger partial charge >= 0.3 is 0 Å². The predicted molar refractivity (Wildman–Crippen MR) is 85.3 cm³/mol. The number of halogens is 1. The number of hydrogen-bond donors (Lipinski definition) is 1. The fourth-order valence-electron chi connectivity index (χ4n) is 1.45. The van der Waals surface area contributed by atoms with E-state index in [1.807, 2.05) is 26.0 Å². The van der Waals surface area contributed by atoms with Crippen LogP contribution < -0.4 is 15.2 Å². The van der Waals surface area contributed by atoms with Crippen LogP contribution in [0.4, 0.5) is 0 Å². The Hall–Kier alpha value is -0.880. The molecule has 0 fully saturated rings. The molecule has 0 amide bonds. The summed E-state index contributed by atoms with van der Waals surface area (Å²) in [6, 6.07) is 4.05. The molecule has 0 aliphatic heterocycles. The molecule has 4 nitrogen and oxygen atoms in total. The van der Waals surface area contributed by atoms with Gasteiger partial charge in [0.15, 0.2) is 16.7 Å². The summed E-state index contributed by atoms with van der Waals surface area (Å²) in [7, 11) is 3.24. The number of aliphatic imine (C=N–C) groups is 1. The number of nitrogens with zero attached hydrogens (tertiary/aromatic N) is 1. The minimum atomic E-state index is 0.210. The number of rotatable bonds is 5. The highest BCUT2D eigenvalue weighted by molar-refractivity contribution is 9.10. The van der Waals surface area contributed by atoms with Crippen LogP contribution in [0.15, 0.2) is 21.6 Å². The van der Waals surface area contributed by atoms with Gasteiger partial charge in [-0.3, -0.25) is 4.99 Å². The Labute approximate surface area is 126 Å². The topological polar surface area (TPSA) is 56.8 Å². The molecule has 1 aromatic carbocycles. The highest BCUT2D eigenvalue weighted by Crippen LogP contribution is 2.34. The number of methoxy groups -OCH3 is 2. The van der Waals surface area contributed by atoms with Crippen LogP contribution >= 0.6 is 27.7 Å². The molecule has 0 bridgehead atoms. The molecule has 1 rings (SSSR count). The molecule has 1 aromatic rings. The van der Waals surface area contributed by atoms with E-state index in [2.05, 4.69) is 20.9 Å². The van der Waals surface area contributed by atoms with Crippen molar-refractivity contribution in [1.82, 2.24) is 0 Å². The van der Waals surface area contributed by atoms with Crippen molar-refractivity contribution in [2.45, 2.75) is 25.6 Å². The molecule has 106 valence electrons. The highest BCUT2D eigenvalue weighted by atomic mass is 79.9. The minimum Gasteiger partial charge on any atom is -0.493 e. The molecule has 6 heteroatoms. The monoisotopic (exact) mass is 346 g/mol. The lowest BCUT2D eigenvalue weighted by atomic mass is 10.2. The lowest BCUT2D eigenvalue weighted by molar-refractivity contribution is 0.354. The lowest BCUT2D eigenvalue weighted by Crippen LogP contribution is -2.10. The number of benzene rings is 1. The molecular formula is C13H19BrN2O2S. The first kappa shape index (κ1) is 16.2. The number of amidine groups is 1. The predicted octanol–water partition coefficient (Wildman–Crippen LogP) is 3.42. The van der Waals surface area contributed by atoms with Crippen LogP contribution in [0.25, 0.3) is 0 Å². The van der Waals surface area contributed by atoms with Crippen LogP contribution in [0.5, 0.6) is 11.5 Å². The smallest absolute Gasteiger partial charge is 0.161 e. The van der Waals surface area contributed by atoms with Gasteiger partial charge in [-0.1, -0.05) is 27.7 Å². The fourth-order valence-corrected chi connectivity index (χ4v) is 2.93. The third-order valence-corrected chi connectivity index (χ3v) is 3.91. The Morgan fingerprint density at radius 1 is 1.32 bits per heavy atom. The van der Waals surface area contributed by atoms with E-state index in [9.17, 15) is 0 Å². The van der Waals surface area contributed by atoms with Crippen molar-refractivity contribution in [1.29, 1.82) is 0 Å². The van der Waals surface area contributed by atoms with E-state index in [4.69, 9.17) is 15.2 Å². The standard InChI is InChI=1S/C13H19BrN2O2S/c1-8(2)16-13(15)19-7-9-5-11(17-3)12(18-4)6-10(9)14/h5-6,8H,7H2,1-4H3,(H2,15,16). The molecule has 0 spiro atoms. The van der Waals surface area contributed by atoms with Gasteiger partial charge in [0.05, 0.1) is 14.2 Å². The van der Waals surface area contributed by atoms with Crippen molar-refractivity contribution in [2.24, 2.45) is 10.7 Å². The number of ether oxygens (including phenoxy) is 2. The van der Waals surface area contributed by atoms with Gasteiger partial charge in [-0.05, 0) is 31.5 Å². The van der Waals surface area contributed by atoms with Crippen LogP contribution in [0.2, 0.25) is 0 Å². The summed E-state index contributed by atoms with van der Waals surface area (Å²) in [6.45, 7) is 4.00. The van der Waals surface area contributed by atoms with Crippen molar-refractivity contribution < 1.29 is 9.47 Å². The summed E-state index contributed by atoms with van der Waals surface area (Å²) >= 11 is 5.03. The Morgan fingerprint density at radius 3 is 2.42 bits per heavy atom. The van der Waals surface area contributed by atoms with E-state index in [0.29, 0.717) is 16.7 Å². The first-order valence-corrected chi connectivity index (χ1v) is 7.62. The molecule has 0 unspecified atom stereocenters. The molecule has 0 aliphatic rings. The van der Waals surface area contributed by atoms with E-state index in [1.54, 1.807) is 14.2 Å². The van der Waals surface area contributed by atoms with Gasteiger partial charge in [0.1, 0.15) is 0 Å². The maximum absolute atomic E-state index is 5.84. The summed E-state index contributed by atoms with van der Waals surface area (Å²) in [5.74, 6) is 2.14. The van der Waals surface area contributed by atoms with Crippen LogP contribution in [0.3, 0.4) is 0 Å². The first-order chi connectivity index (χ1) is 8.97. The molecule has 0 heterocycles. The second-order valence-electron chi connectivity index (χ2n) is 4.15. The van der Waals surface area contributed by atoms with Crippen molar-refractivity contribution in [3.63, 3.8) is 0 Å². The SMILES string of the molecule is COc1cc(Br)c(CSC(N)=NC(C)C)cc1OC. The third kappa shape index (κ3) is 4.95.